The fraction of sp³-hybridized carbons (Fsp3) is 0.650. The molecule has 5 rings (SSSR count). The van der Waals surface area contributed by atoms with E-state index in [-0.39, 0.29) is 0 Å². The van der Waals surface area contributed by atoms with Crippen molar-refractivity contribution in [2.45, 2.75) is 57.0 Å². The zero-order valence-corrected chi connectivity index (χ0v) is 14.1. The van der Waals surface area contributed by atoms with Crippen LogP contribution in [-0.4, -0.2) is 23.6 Å². The van der Waals surface area contributed by atoms with Crippen molar-refractivity contribution in [1.82, 2.24) is 4.90 Å². The first-order valence-corrected chi connectivity index (χ1v) is 9.37. The zero-order chi connectivity index (χ0) is 16.1. The zero-order valence-electron chi connectivity index (χ0n) is 14.1. The summed E-state index contributed by atoms with van der Waals surface area (Å²) in [6.07, 6.45) is 9.77. The van der Waals surface area contributed by atoms with Crippen molar-refractivity contribution in [3.05, 3.63) is 23.8 Å². The van der Waals surface area contributed by atoms with Gasteiger partial charge in [-0.1, -0.05) is 12.8 Å². The molecule has 0 spiro atoms. The Morgan fingerprint density at radius 3 is 3.08 bits per heavy atom. The average Bonchev–Trinajstić information content (AvgIpc) is 2.80. The van der Waals surface area contributed by atoms with Gasteiger partial charge in [-0.25, -0.2) is 0 Å². The average molecular weight is 327 g/mol. The molecule has 0 radical (unpaired) electrons. The number of nitrogens with zero attached hydrogens (tertiary/aromatic N) is 1. The summed E-state index contributed by atoms with van der Waals surface area (Å²) in [5, 5.41) is 0. The molecule has 4 atom stereocenters. The maximum atomic E-state index is 10.6. The van der Waals surface area contributed by atoms with Crippen LogP contribution < -0.4 is 9.47 Å². The number of carbonyl (C=O) groups is 1. The maximum Gasteiger partial charge on any atom is 0.298 e. The van der Waals surface area contributed by atoms with Crippen molar-refractivity contribution in [3.63, 3.8) is 0 Å². The first-order chi connectivity index (χ1) is 11.8. The molecule has 3 saturated carbocycles. The van der Waals surface area contributed by atoms with E-state index >= 15 is 0 Å². The van der Waals surface area contributed by atoms with Crippen LogP contribution in [0, 0.1) is 17.8 Å². The van der Waals surface area contributed by atoms with Crippen LogP contribution in [-0.2, 0) is 11.3 Å². The van der Waals surface area contributed by atoms with Gasteiger partial charge in [0.05, 0.1) is 0 Å². The summed E-state index contributed by atoms with van der Waals surface area (Å²) in [6.45, 7) is 2.10. The van der Waals surface area contributed by atoms with Gasteiger partial charge in [0.15, 0.2) is 0 Å². The Morgan fingerprint density at radius 2 is 2.17 bits per heavy atom. The van der Waals surface area contributed by atoms with E-state index in [4.69, 9.17) is 9.47 Å². The van der Waals surface area contributed by atoms with E-state index in [1.807, 2.05) is 12.1 Å². The molecule has 1 aromatic rings. The number of rotatable bonds is 3. The molecule has 1 aromatic carbocycles. The lowest BCUT2D eigenvalue weighted by molar-refractivity contribution is -0.120. The lowest BCUT2D eigenvalue weighted by Crippen LogP contribution is -2.54. The number of hydrogen-bond acceptors (Lipinski definition) is 4. The molecular formula is C20H25NO3. The highest BCUT2D eigenvalue weighted by Crippen LogP contribution is 2.57. The van der Waals surface area contributed by atoms with E-state index in [1.54, 1.807) is 6.07 Å². The summed E-state index contributed by atoms with van der Waals surface area (Å²) >= 11 is 0. The Morgan fingerprint density at radius 1 is 1.25 bits per heavy atom. The molecule has 0 amide bonds. The third kappa shape index (κ3) is 2.26. The Hall–Kier alpha value is -1.55. The van der Waals surface area contributed by atoms with Gasteiger partial charge in [-0.2, -0.15) is 0 Å². The van der Waals surface area contributed by atoms with Gasteiger partial charge in [0, 0.05) is 17.6 Å². The number of hydrogen-bond donors (Lipinski definition) is 0. The van der Waals surface area contributed by atoms with Crippen LogP contribution in [0.2, 0.25) is 0 Å². The van der Waals surface area contributed by atoms with Crippen LogP contribution in [0.25, 0.3) is 0 Å². The highest BCUT2D eigenvalue weighted by atomic mass is 16.5. The molecule has 3 bridgehead atoms. The van der Waals surface area contributed by atoms with E-state index in [0.29, 0.717) is 24.5 Å². The summed E-state index contributed by atoms with van der Waals surface area (Å²) in [5.41, 5.74) is 1.48. The van der Waals surface area contributed by atoms with E-state index in [1.165, 1.54) is 44.9 Å². The molecule has 4 nitrogen and oxygen atoms in total. The minimum atomic E-state index is 0.331. The predicted octanol–water partition coefficient (Wildman–Crippen LogP) is 3.73. The molecule has 1 heterocycles. The number of carbonyl (C=O) groups excluding carboxylic acids is 1. The van der Waals surface area contributed by atoms with Crippen LogP contribution >= 0.6 is 0 Å². The van der Waals surface area contributed by atoms with Crippen LogP contribution in [0.3, 0.4) is 0 Å². The second-order valence-corrected chi connectivity index (χ2v) is 8.34. The summed E-state index contributed by atoms with van der Waals surface area (Å²) in [7, 11) is 0. The van der Waals surface area contributed by atoms with Crippen LogP contribution in [0.4, 0.5) is 0 Å². The molecule has 2 unspecified atom stereocenters. The fourth-order valence-electron chi connectivity index (χ4n) is 6.18. The largest absolute Gasteiger partial charge is 0.478 e. The van der Waals surface area contributed by atoms with Crippen molar-refractivity contribution in [3.8, 4) is 11.5 Å². The van der Waals surface area contributed by atoms with Gasteiger partial charge in [0.25, 0.3) is 6.47 Å². The molecule has 4 heteroatoms. The lowest BCUT2D eigenvalue weighted by Gasteiger charge is -2.49. The third-order valence-electron chi connectivity index (χ3n) is 7.09. The second kappa shape index (κ2) is 5.48. The highest BCUT2D eigenvalue weighted by molar-refractivity contribution is 5.48. The van der Waals surface area contributed by atoms with Gasteiger partial charge in [-0.05, 0) is 68.1 Å². The summed E-state index contributed by atoms with van der Waals surface area (Å²) in [4.78, 5) is 13.2. The Kier molecular flexibility index (Phi) is 3.37. The van der Waals surface area contributed by atoms with Crippen molar-refractivity contribution < 1.29 is 14.3 Å². The predicted molar refractivity (Wildman–Crippen MR) is 89.7 cm³/mol. The minimum absolute atomic E-state index is 0.331. The van der Waals surface area contributed by atoms with Crippen molar-refractivity contribution in [1.29, 1.82) is 0 Å². The smallest absolute Gasteiger partial charge is 0.298 e. The molecule has 128 valence electrons. The molecule has 3 aliphatic carbocycles. The van der Waals surface area contributed by atoms with Gasteiger partial charge in [-0.3, -0.25) is 9.69 Å². The fourth-order valence-corrected chi connectivity index (χ4v) is 6.18. The van der Waals surface area contributed by atoms with E-state index < -0.39 is 0 Å². The van der Waals surface area contributed by atoms with Crippen molar-refractivity contribution in [2.75, 3.05) is 6.73 Å². The highest BCUT2D eigenvalue weighted by Gasteiger charge is 2.52. The molecule has 3 fully saturated rings. The molecule has 1 aliphatic heterocycles. The Bertz CT molecular complexity index is 660. The normalized spacial score (nSPS) is 37.4. The quantitative estimate of drug-likeness (QED) is 0.793. The van der Waals surface area contributed by atoms with Crippen LogP contribution in [0.15, 0.2) is 18.2 Å². The summed E-state index contributed by atoms with van der Waals surface area (Å²) < 4.78 is 11.1. The first kappa shape index (κ1) is 14.8. The monoisotopic (exact) mass is 327 g/mol. The van der Waals surface area contributed by atoms with Gasteiger partial charge in [0.2, 0.25) is 0 Å². The molecule has 0 saturated heterocycles. The van der Waals surface area contributed by atoms with E-state index in [0.717, 1.165) is 35.6 Å². The Labute approximate surface area is 143 Å². The summed E-state index contributed by atoms with van der Waals surface area (Å²) in [6, 6.07) is 5.69. The van der Waals surface area contributed by atoms with Crippen LogP contribution in [0.1, 0.15) is 50.5 Å². The number of fused-ring (bicyclic) bond motifs is 3. The number of benzene rings is 1. The van der Waals surface area contributed by atoms with Gasteiger partial charge >= 0.3 is 0 Å². The van der Waals surface area contributed by atoms with Crippen LogP contribution in [0.5, 0.6) is 11.5 Å². The third-order valence-corrected chi connectivity index (χ3v) is 7.09. The first-order valence-electron chi connectivity index (χ1n) is 9.37. The molecule has 4 aliphatic rings. The van der Waals surface area contributed by atoms with Gasteiger partial charge in [-0.15, -0.1) is 0 Å². The standard InChI is InChI=1S/C20H25NO3/c22-13-24-18-3-4-19-17(8-18)11-21(12-23-19)20-5-1-2-15-6-14(9-20)7-16(15)10-20/h3-4,8,13-16H,1-2,5-7,9-12H2/t14-,15-,16?,20?/m0/s1. The molecule has 24 heavy (non-hydrogen) atoms. The number of ether oxygens (including phenoxy) is 2. The minimum Gasteiger partial charge on any atom is -0.478 e. The second-order valence-electron chi connectivity index (χ2n) is 8.34. The maximum absolute atomic E-state index is 10.6. The van der Waals surface area contributed by atoms with Crippen molar-refractivity contribution in [2.24, 2.45) is 17.8 Å². The lowest BCUT2D eigenvalue weighted by atomic mass is 9.72. The molecular weight excluding hydrogens is 302 g/mol. The topological polar surface area (TPSA) is 38.8 Å². The SMILES string of the molecule is O=COc1ccc2c(c1)CN(C13CCC[C@H]4C[C@@H](CC4C1)C3)CO2. The summed E-state index contributed by atoms with van der Waals surface area (Å²) in [5.74, 6) is 4.41. The molecule has 0 N–H and O–H groups in total. The van der Waals surface area contributed by atoms with Crippen molar-refractivity contribution >= 4 is 6.47 Å². The van der Waals surface area contributed by atoms with Gasteiger partial charge in [0.1, 0.15) is 18.2 Å². The van der Waals surface area contributed by atoms with Gasteiger partial charge < -0.3 is 9.47 Å². The van der Waals surface area contributed by atoms with E-state index in [2.05, 4.69) is 4.90 Å². The Balaban J connectivity index is 1.43. The molecule has 0 aromatic heterocycles. The van der Waals surface area contributed by atoms with E-state index in [9.17, 15) is 4.79 Å².